The van der Waals surface area contributed by atoms with Gasteiger partial charge >= 0.3 is 0 Å². The molecular formula is C6H6BrN3O. The maximum Gasteiger partial charge on any atom is 0.272 e. The van der Waals surface area contributed by atoms with Crippen LogP contribution in [0.5, 0.6) is 0 Å². The summed E-state index contributed by atoms with van der Waals surface area (Å²) in [6.45, 7) is 0. The van der Waals surface area contributed by atoms with E-state index in [0.717, 1.165) is 0 Å². The molecule has 0 saturated heterocycles. The van der Waals surface area contributed by atoms with E-state index in [0.29, 0.717) is 10.3 Å². The molecule has 0 fully saturated rings. The van der Waals surface area contributed by atoms with Crippen molar-refractivity contribution in [3.8, 4) is 0 Å². The fourth-order valence-electron chi connectivity index (χ4n) is 0.592. The van der Waals surface area contributed by atoms with Crippen LogP contribution in [-0.2, 0) is 0 Å². The molecule has 4 nitrogen and oxygen atoms in total. The highest BCUT2D eigenvalue weighted by atomic mass is 79.9. The van der Waals surface area contributed by atoms with Crippen molar-refractivity contribution in [1.82, 2.24) is 15.3 Å². The first-order chi connectivity index (χ1) is 5.25. The highest BCUT2D eigenvalue weighted by Crippen LogP contribution is 2.08. The molecule has 1 amide bonds. The van der Waals surface area contributed by atoms with E-state index in [-0.39, 0.29) is 5.91 Å². The molecule has 58 valence electrons. The van der Waals surface area contributed by atoms with Gasteiger partial charge in [-0.3, -0.25) is 4.79 Å². The lowest BCUT2D eigenvalue weighted by Crippen LogP contribution is -2.19. The minimum Gasteiger partial charge on any atom is -0.354 e. The number of rotatable bonds is 1. The average molecular weight is 216 g/mol. The molecule has 5 heteroatoms. The standard InChI is InChI=1S/C6H6BrN3O/c1-8-6(11)4-5(7)10-3-2-9-4/h2-3H,1H3,(H,8,11). The number of nitrogens with zero attached hydrogens (tertiary/aromatic N) is 2. The minimum absolute atomic E-state index is 0.245. The number of hydrogen-bond acceptors (Lipinski definition) is 3. The summed E-state index contributed by atoms with van der Waals surface area (Å²) >= 11 is 3.10. The first-order valence-corrected chi connectivity index (χ1v) is 3.73. The van der Waals surface area contributed by atoms with Gasteiger partial charge in [0.25, 0.3) is 5.91 Å². The van der Waals surface area contributed by atoms with Gasteiger partial charge in [0.15, 0.2) is 5.69 Å². The smallest absolute Gasteiger partial charge is 0.272 e. The highest BCUT2D eigenvalue weighted by Gasteiger charge is 2.08. The summed E-state index contributed by atoms with van der Waals surface area (Å²) in [7, 11) is 1.55. The molecule has 11 heavy (non-hydrogen) atoms. The third kappa shape index (κ3) is 1.74. The van der Waals surface area contributed by atoms with Gasteiger partial charge in [0.2, 0.25) is 0 Å². The van der Waals surface area contributed by atoms with Crippen LogP contribution in [0.2, 0.25) is 0 Å². The first kappa shape index (κ1) is 8.13. The summed E-state index contributed by atoms with van der Waals surface area (Å²) in [5.41, 5.74) is 0.301. The van der Waals surface area contributed by atoms with Crippen molar-refractivity contribution < 1.29 is 4.79 Å². The lowest BCUT2D eigenvalue weighted by molar-refractivity contribution is 0.0957. The van der Waals surface area contributed by atoms with Gasteiger partial charge in [0, 0.05) is 19.4 Å². The van der Waals surface area contributed by atoms with Crippen LogP contribution in [0.25, 0.3) is 0 Å². The van der Waals surface area contributed by atoms with Gasteiger partial charge in [0.05, 0.1) is 0 Å². The molecule has 0 atom stereocenters. The van der Waals surface area contributed by atoms with Gasteiger partial charge in [0.1, 0.15) is 4.60 Å². The zero-order valence-electron chi connectivity index (χ0n) is 5.84. The van der Waals surface area contributed by atoms with Gasteiger partial charge < -0.3 is 5.32 Å². The molecule has 0 radical (unpaired) electrons. The largest absolute Gasteiger partial charge is 0.354 e. The summed E-state index contributed by atoms with van der Waals surface area (Å²) in [5, 5.41) is 2.45. The van der Waals surface area contributed by atoms with Crippen LogP contribution >= 0.6 is 15.9 Å². The Morgan fingerprint density at radius 3 is 2.73 bits per heavy atom. The van der Waals surface area contributed by atoms with E-state index in [9.17, 15) is 4.79 Å². The van der Waals surface area contributed by atoms with Crippen molar-refractivity contribution in [2.24, 2.45) is 0 Å². The second-order valence-corrected chi connectivity index (χ2v) is 2.53. The molecule has 0 aliphatic rings. The number of halogens is 1. The van der Waals surface area contributed by atoms with E-state index in [1.807, 2.05) is 0 Å². The molecular weight excluding hydrogens is 210 g/mol. The Bertz CT molecular complexity index is 276. The fraction of sp³-hybridized carbons (Fsp3) is 0.167. The molecule has 0 bridgehead atoms. The van der Waals surface area contributed by atoms with E-state index in [1.54, 1.807) is 7.05 Å². The van der Waals surface area contributed by atoms with Gasteiger partial charge in [-0.1, -0.05) is 0 Å². The van der Waals surface area contributed by atoms with Crippen LogP contribution in [-0.4, -0.2) is 22.9 Å². The van der Waals surface area contributed by atoms with Crippen molar-refractivity contribution >= 4 is 21.8 Å². The molecule has 0 aliphatic carbocycles. The molecule has 0 aromatic carbocycles. The topological polar surface area (TPSA) is 54.9 Å². The third-order valence-corrected chi connectivity index (χ3v) is 1.68. The lowest BCUT2D eigenvalue weighted by Gasteiger charge is -1.98. The van der Waals surface area contributed by atoms with Crippen LogP contribution in [0.4, 0.5) is 0 Å². The Labute approximate surface area is 72.2 Å². The predicted octanol–water partition coefficient (Wildman–Crippen LogP) is 0.599. The molecule has 0 unspecified atom stereocenters. The molecule has 1 rings (SSSR count). The zero-order valence-corrected chi connectivity index (χ0v) is 7.42. The minimum atomic E-state index is -0.245. The van der Waals surface area contributed by atoms with Crippen molar-refractivity contribution in [1.29, 1.82) is 0 Å². The number of amides is 1. The molecule has 0 aliphatic heterocycles. The van der Waals surface area contributed by atoms with Crippen LogP contribution in [0, 0.1) is 0 Å². The molecule has 0 spiro atoms. The number of carbonyl (C=O) groups is 1. The second-order valence-electron chi connectivity index (χ2n) is 1.77. The maximum atomic E-state index is 11.0. The van der Waals surface area contributed by atoms with Crippen molar-refractivity contribution in [3.05, 3.63) is 22.7 Å². The molecule has 1 heterocycles. The Morgan fingerprint density at radius 2 is 2.18 bits per heavy atom. The Morgan fingerprint density at radius 1 is 1.55 bits per heavy atom. The number of nitrogens with one attached hydrogen (secondary N) is 1. The predicted molar refractivity (Wildman–Crippen MR) is 43.1 cm³/mol. The highest BCUT2D eigenvalue weighted by molar-refractivity contribution is 9.10. The number of carbonyl (C=O) groups excluding carboxylic acids is 1. The molecule has 1 aromatic heterocycles. The van der Waals surface area contributed by atoms with Crippen molar-refractivity contribution in [2.75, 3.05) is 7.05 Å². The summed E-state index contributed by atoms with van der Waals surface area (Å²) in [5.74, 6) is -0.245. The van der Waals surface area contributed by atoms with Crippen LogP contribution < -0.4 is 5.32 Å². The van der Waals surface area contributed by atoms with Crippen molar-refractivity contribution in [3.63, 3.8) is 0 Å². The number of hydrogen-bond donors (Lipinski definition) is 1. The summed E-state index contributed by atoms with van der Waals surface area (Å²) in [4.78, 5) is 18.7. The van der Waals surface area contributed by atoms with Crippen LogP contribution in [0.15, 0.2) is 17.0 Å². The second kappa shape index (κ2) is 3.43. The maximum absolute atomic E-state index is 11.0. The number of aromatic nitrogens is 2. The van der Waals surface area contributed by atoms with E-state index in [1.165, 1.54) is 12.4 Å². The van der Waals surface area contributed by atoms with E-state index in [4.69, 9.17) is 0 Å². The Hall–Kier alpha value is -0.970. The van der Waals surface area contributed by atoms with E-state index < -0.39 is 0 Å². The Balaban J connectivity index is 3.03. The average Bonchev–Trinajstić information content (AvgIpc) is 2.04. The quantitative estimate of drug-likeness (QED) is 0.747. The normalized spacial score (nSPS) is 9.27. The molecule has 1 aromatic rings. The van der Waals surface area contributed by atoms with Gasteiger partial charge in [-0.25, -0.2) is 9.97 Å². The Kier molecular flexibility index (Phi) is 2.53. The summed E-state index contributed by atoms with van der Waals surface area (Å²) in [6, 6.07) is 0. The SMILES string of the molecule is CNC(=O)c1nccnc1Br. The van der Waals surface area contributed by atoms with Gasteiger partial charge in [-0.05, 0) is 15.9 Å². The monoisotopic (exact) mass is 215 g/mol. The van der Waals surface area contributed by atoms with Gasteiger partial charge in [-0.2, -0.15) is 0 Å². The fourth-order valence-corrected chi connectivity index (χ4v) is 0.992. The van der Waals surface area contributed by atoms with E-state index >= 15 is 0 Å². The zero-order chi connectivity index (χ0) is 8.27. The van der Waals surface area contributed by atoms with Crippen LogP contribution in [0.1, 0.15) is 10.5 Å². The first-order valence-electron chi connectivity index (χ1n) is 2.94. The van der Waals surface area contributed by atoms with Gasteiger partial charge in [-0.15, -0.1) is 0 Å². The summed E-state index contributed by atoms with van der Waals surface area (Å²) < 4.78 is 0.458. The third-order valence-electron chi connectivity index (χ3n) is 1.10. The molecule has 0 saturated carbocycles. The van der Waals surface area contributed by atoms with E-state index in [2.05, 4.69) is 31.2 Å². The molecule has 1 N–H and O–H groups in total. The summed E-state index contributed by atoms with van der Waals surface area (Å²) in [6.07, 6.45) is 2.98. The van der Waals surface area contributed by atoms with Crippen LogP contribution in [0.3, 0.4) is 0 Å². The lowest BCUT2D eigenvalue weighted by atomic mass is 10.4. The van der Waals surface area contributed by atoms with Crippen molar-refractivity contribution in [2.45, 2.75) is 0 Å².